The van der Waals surface area contributed by atoms with Crippen molar-refractivity contribution in [3.8, 4) is 0 Å². The van der Waals surface area contributed by atoms with E-state index in [4.69, 9.17) is 5.11 Å². The fraction of sp³-hybridized carbons (Fsp3) is 1.00. The van der Waals surface area contributed by atoms with Crippen molar-refractivity contribution in [2.45, 2.75) is 39.5 Å². The number of hydrogen-bond acceptors (Lipinski definition) is 2. The second kappa shape index (κ2) is 6.41. The molecule has 0 aromatic carbocycles. The maximum atomic E-state index is 8.89. The van der Waals surface area contributed by atoms with Gasteiger partial charge in [0.25, 0.3) is 0 Å². The van der Waals surface area contributed by atoms with Gasteiger partial charge in [-0.1, -0.05) is 13.8 Å². The molecule has 1 atom stereocenters. The molecule has 1 unspecified atom stereocenters. The Kier molecular flexibility index (Phi) is 5.49. The molecule has 1 saturated heterocycles. The Morgan fingerprint density at radius 3 is 2.57 bits per heavy atom. The minimum absolute atomic E-state index is 0.344. The summed E-state index contributed by atoms with van der Waals surface area (Å²) in [7, 11) is 0. The minimum Gasteiger partial charge on any atom is -0.396 e. The van der Waals surface area contributed by atoms with Gasteiger partial charge in [0.2, 0.25) is 0 Å². The number of aliphatic hydroxyl groups is 1. The smallest absolute Gasteiger partial charge is 0.0456 e. The van der Waals surface area contributed by atoms with E-state index in [9.17, 15) is 0 Å². The highest BCUT2D eigenvalue weighted by Crippen LogP contribution is 2.16. The van der Waals surface area contributed by atoms with Crippen LogP contribution in [-0.4, -0.2) is 36.2 Å². The third-order valence-corrected chi connectivity index (χ3v) is 3.36. The van der Waals surface area contributed by atoms with E-state index in [1.807, 2.05) is 0 Å². The van der Waals surface area contributed by atoms with Crippen molar-refractivity contribution < 1.29 is 5.11 Å². The summed E-state index contributed by atoms with van der Waals surface area (Å²) in [5.74, 6) is 1.42. The van der Waals surface area contributed by atoms with Gasteiger partial charge in [-0.3, -0.25) is 0 Å². The van der Waals surface area contributed by atoms with Crippen LogP contribution >= 0.6 is 0 Å². The quantitative estimate of drug-likeness (QED) is 0.733. The number of rotatable bonds is 5. The Labute approximate surface area is 88.3 Å². The van der Waals surface area contributed by atoms with Crippen molar-refractivity contribution in [2.75, 3.05) is 26.2 Å². The highest BCUT2D eigenvalue weighted by Gasteiger charge is 2.14. The third kappa shape index (κ3) is 4.43. The lowest BCUT2D eigenvalue weighted by Gasteiger charge is -2.30. The van der Waals surface area contributed by atoms with Crippen LogP contribution in [0.2, 0.25) is 0 Å². The number of aliphatic hydroxyl groups excluding tert-OH is 1. The first-order valence-corrected chi connectivity index (χ1v) is 6.05. The summed E-state index contributed by atoms with van der Waals surface area (Å²) in [5.41, 5.74) is 0. The fourth-order valence-electron chi connectivity index (χ4n) is 2.04. The van der Waals surface area contributed by atoms with E-state index in [0.717, 1.165) is 5.92 Å². The van der Waals surface area contributed by atoms with Gasteiger partial charge in [0.05, 0.1) is 0 Å². The molecule has 0 spiro atoms. The van der Waals surface area contributed by atoms with E-state index in [2.05, 4.69) is 18.7 Å². The van der Waals surface area contributed by atoms with Crippen LogP contribution in [0.15, 0.2) is 0 Å². The molecule has 84 valence electrons. The number of likely N-dealkylation sites (tertiary alicyclic amines) is 1. The zero-order valence-electron chi connectivity index (χ0n) is 9.71. The minimum atomic E-state index is 0.344. The van der Waals surface area contributed by atoms with Gasteiger partial charge in [0.15, 0.2) is 0 Å². The molecular weight excluding hydrogens is 174 g/mol. The van der Waals surface area contributed by atoms with E-state index >= 15 is 0 Å². The first-order valence-electron chi connectivity index (χ1n) is 6.05. The molecule has 0 saturated carbocycles. The molecule has 0 aromatic heterocycles. The zero-order chi connectivity index (χ0) is 10.4. The lowest BCUT2D eigenvalue weighted by Crippen LogP contribution is -2.33. The Balaban J connectivity index is 2.02. The highest BCUT2D eigenvalue weighted by molar-refractivity contribution is 4.69. The molecular formula is C12H25NO. The fourth-order valence-corrected chi connectivity index (χ4v) is 2.04. The van der Waals surface area contributed by atoms with E-state index in [0.29, 0.717) is 12.5 Å². The molecule has 2 nitrogen and oxygen atoms in total. The summed E-state index contributed by atoms with van der Waals surface area (Å²) in [6.45, 7) is 8.63. The predicted octanol–water partition coefficient (Wildman–Crippen LogP) is 2.13. The molecule has 0 amide bonds. The molecule has 1 N–H and O–H groups in total. The molecule has 0 bridgehead atoms. The monoisotopic (exact) mass is 199 g/mol. The van der Waals surface area contributed by atoms with Crippen molar-refractivity contribution in [2.24, 2.45) is 11.8 Å². The normalized spacial score (nSPS) is 22.5. The SMILES string of the molecule is CC(CO)CCCN1CCC(C)CC1. The molecule has 0 radical (unpaired) electrons. The summed E-state index contributed by atoms with van der Waals surface area (Å²) in [6, 6.07) is 0. The van der Waals surface area contributed by atoms with Crippen LogP contribution in [-0.2, 0) is 0 Å². The average molecular weight is 199 g/mol. The molecule has 1 aliphatic heterocycles. The van der Waals surface area contributed by atoms with E-state index in [1.165, 1.54) is 45.3 Å². The average Bonchev–Trinajstić information content (AvgIpc) is 2.21. The second-order valence-corrected chi connectivity index (χ2v) is 4.95. The van der Waals surface area contributed by atoms with Crippen LogP contribution in [0.25, 0.3) is 0 Å². The molecule has 0 aliphatic carbocycles. The van der Waals surface area contributed by atoms with Crippen molar-refractivity contribution in [1.29, 1.82) is 0 Å². The van der Waals surface area contributed by atoms with Gasteiger partial charge in [-0.05, 0) is 57.2 Å². The van der Waals surface area contributed by atoms with E-state index < -0.39 is 0 Å². The topological polar surface area (TPSA) is 23.5 Å². The van der Waals surface area contributed by atoms with Crippen LogP contribution in [0.1, 0.15) is 39.5 Å². The second-order valence-electron chi connectivity index (χ2n) is 4.95. The third-order valence-electron chi connectivity index (χ3n) is 3.36. The van der Waals surface area contributed by atoms with Gasteiger partial charge in [-0.25, -0.2) is 0 Å². The van der Waals surface area contributed by atoms with Gasteiger partial charge in [0.1, 0.15) is 0 Å². The van der Waals surface area contributed by atoms with Crippen molar-refractivity contribution in [3.05, 3.63) is 0 Å². The summed E-state index contributed by atoms with van der Waals surface area (Å²) < 4.78 is 0. The van der Waals surface area contributed by atoms with Crippen molar-refractivity contribution >= 4 is 0 Å². The van der Waals surface area contributed by atoms with Crippen LogP contribution < -0.4 is 0 Å². The summed E-state index contributed by atoms with van der Waals surface area (Å²) in [6.07, 6.45) is 5.16. The lowest BCUT2D eigenvalue weighted by molar-refractivity contribution is 0.178. The number of hydrogen-bond donors (Lipinski definition) is 1. The van der Waals surface area contributed by atoms with Crippen LogP contribution in [0.4, 0.5) is 0 Å². The molecule has 1 aliphatic rings. The van der Waals surface area contributed by atoms with Gasteiger partial charge in [0, 0.05) is 6.61 Å². The van der Waals surface area contributed by atoms with Gasteiger partial charge < -0.3 is 10.0 Å². The van der Waals surface area contributed by atoms with Crippen LogP contribution in [0.5, 0.6) is 0 Å². The van der Waals surface area contributed by atoms with E-state index in [-0.39, 0.29) is 0 Å². The largest absolute Gasteiger partial charge is 0.396 e. The Bertz CT molecular complexity index is 141. The maximum absolute atomic E-state index is 8.89. The lowest BCUT2D eigenvalue weighted by atomic mass is 9.98. The Morgan fingerprint density at radius 1 is 1.36 bits per heavy atom. The highest BCUT2D eigenvalue weighted by atomic mass is 16.3. The van der Waals surface area contributed by atoms with E-state index in [1.54, 1.807) is 0 Å². The van der Waals surface area contributed by atoms with Gasteiger partial charge >= 0.3 is 0 Å². The molecule has 1 rings (SSSR count). The predicted molar refractivity (Wildman–Crippen MR) is 60.3 cm³/mol. The zero-order valence-corrected chi connectivity index (χ0v) is 9.71. The molecule has 1 fully saturated rings. The van der Waals surface area contributed by atoms with Crippen molar-refractivity contribution in [3.63, 3.8) is 0 Å². The first kappa shape index (κ1) is 12.0. The summed E-state index contributed by atoms with van der Waals surface area (Å²) >= 11 is 0. The molecule has 2 heteroatoms. The van der Waals surface area contributed by atoms with Gasteiger partial charge in [-0.15, -0.1) is 0 Å². The van der Waals surface area contributed by atoms with Gasteiger partial charge in [-0.2, -0.15) is 0 Å². The number of nitrogens with zero attached hydrogens (tertiary/aromatic N) is 1. The maximum Gasteiger partial charge on any atom is 0.0456 e. The van der Waals surface area contributed by atoms with Crippen LogP contribution in [0, 0.1) is 11.8 Å². The Morgan fingerprint density at radius 2 is 2.00 bits per heavy atom. The van der Waals surface area contributed by atoms with Crippen LogP contribution in [0.3, 0.4) is 0 Å². The summed E-state index contributed by atoms with van der Waals surface area (Å²) in [4.78, 5) is 2.57. The Hall–Kier alpha value is -0.0800. The first-order chi connectivity index (χ1) is 6.72. The standard InChI is InChI=1S/C12H25NO/c1-11-5-8-13(9-6-11)7-3-4-12(2)10-14/h11-12,14H,3-10H2,1-2H3. The summed E-state index contributed by atoms with van der Waals surface area (Å²) in [5, 5.41) is 8.89. The van der Waals surface area contributed by atoms with Crippen molar-refractivity contribution in [1.82, 2.24) is 4.90 Å². The molecule has 0 aromatic rings. The molecule has 14 heavy (non-hydrogen) atoms. The number of piperidine rings is 1. The molecule has 1 heterocycles.